The molecule has 0 atom stereocenters. The van der Waals surface area contributed by atoms with Crippen molar-refractivity contribution in [3.05, 3.63) is 88.7 Å². The van der Waals surface area contributed by atoms with E-state index >= 15 is 0 Å². The van der Waals surface area contributed by atoms with Crippen molar-refractivity contribution < 1.29 is 9.53 Å². The van der Waals surface area contributed by atoms with Gasteiger partial charge in [0.25, 0.3) is 5.91 Å². The van der Waals surface area contributed by atoms with E-state index in [9.17, 15) is 4.79 Å². The zero-order chi connectivity index (χ0) is 21.9. The van der Waals surface area contributed by atoms with Crippen LogP contribution in [0.15, 0.2) is 77.5 Å². The summed E-state index contributed by atoms with van der Waals surface area (Å²) in [7, 11) is 1.64. The first-order valence-corrected chi connectivity index (χ1v) is 12.0. The first-order chi connectivity index (χ1) is 15.7. The molecule has 0 aliphatic heterocycles. The molecule has 0 bridgehead atoms. The summed E-state index contributed by atoms with van der Waals surface area (Å²) in [6, 6.07) is 22.1. The SMILES string of the molecule is COc1ccc(-c2csc(NC(=O)c3cc4sccc4n3CCc3ccccc3)n2)cc1. The van der Waals surface area contributed by atoms with Crippen molar-refractivity contribution >= 4 is 43.9 Å². The van der Waals surface area contributed by atoms with Crippen LogP contribution in [0.25, 0.3) is 21.5 Å². The minimum absolute atomic E-state index is 0.142. The number of thiophene rings is 1. The first-order valence-electron chi connectivity index (χ1n) is 10.2. The van der Waals surface area contributed by atoms with Gasteiger partial charge in [-0.15, -0.1) is 22.7 Å². The molecule has 0 unspecified atom stereocenters. The van der Waals surface area contributed by atoms with Gasteiger partial charge in [0.2, 0.25) is 0 Å². The van der Waals surface area contributed by atoms with Crippen molar-refractivity contribution in [1.82, 2.24) is 9.55 Å². The average molecular weight is 460 g/mol. The Morgan fingerprint density at radius 3 is 2.66 bits per heavy atom. The van der Waals surface area contributed by atoms with E-state index < -0.39 is 0 Å². The van der Waals surface area contributed by atoms with E-state index in [2.05, 4.69) is 38.4 Å². The molecule has 5 nitrogen and oxygen atoms in total. The molecule has 0 saturated carbocycles. The normalized spacial score (nSPS) is 11.0. The number of fused-ring (bicyclic) bond motifs is 1. The number of aryl methyl sites for hydroxylation is 2. The predicted octanol–water partition coefficient (Wildman–Crippen LogP) is 6.33. The molecule has 5 rings (SSSR count). The van der Waals surface area contributed by atoms with E-state index in [4.69, 9.17) is 4.74 Å². The smallest absolute Gasteiger partial charge is 0.274 e. The highest BCUT2D eigenvalue weighted by atomic mass is 32.1. The molecule has 32 heavy (non-hydrogen) atoms. The minimum atomic E-state index is -0.142. The number of benzene rings is 2. The van der Waals surface area contributed by atoms with Crippen LogP contribution in [0.1, 0.15) is 16.1 Å². The molecule has 1 amide bonds. The topological polar surface area (TPSA) is 56.1 Å². The van der Waals surface area contributed by atoms with E-state index in [1.807, 2.05) is 53.9 Å². The van der Waals surface area contributed by atoms with Crippen LogP contribution in [-0.2, 0) is 13.0 Å². The van der Waals surface area contributed by atoms with E-state index in [-0.39, 0.29) is 5.91 Å². The molecule has 2 aromatic carbocycles. The van der Waals surface area contributed by atoms with Crippen molar-refractivity contribution in [2.75, 3.05) is 12.4 Å². The Morgan fingerprint density at radius 1 is 1.06 bits per heavy atom. The Labute approximate surface area is 193 Å². The highest BCUT2D eigenvalue weighted by molar-refractivity contribution is 7.17. The molecular weight excluding hydrogens is 438 g/mol. The lowest BCUT2D eigenvalue weighted by atomic mass is 10.1. The third-order valence-electron chi connectivity index (χ3n) is 5.33. The first kappa shape index (κ1) is 20.5. The number of amides is 1. The summed E-state index contributed by atoms with van der Waals surface area (Å²) in [5.41, 5.74) is 4.81. The molecule has 0 aliphatic carbocycles. The van der Waals surface area contributed by atoms with Crippen LogP contribution in [0.4, 0.5) is 5.13 Å². The highest BCUT2D eigenvalue weighted by Gasteiger charge is 2.18. The number of hydrogen-bond acceptors (Lipinski definition) is 5. The van der Waals surface area contributed by atoms with Crippen molar-refractivity contribution in [2.45, 2.75) is 13.0 Å². The van der Waals surface area contributed by atoms with Crippen molar-refractivity contribution in [3.63, 3.8) is 0 Å². The maximum Gasteiger partial charge on any atom is 0.274 e. The second-order valence-corrected chi connectivity index (χ2v) is 9.11. The van der Waals surface area contributed by atoms with Crippen LogP contribution in [0, 0.1) is 0 Å². The summed E-state index contributed by atoms with van der Waals surface area (Å²) in [6.45, 7) is 0.738. The summed E-state index contributed by atoms with van der Waals surface area (Å²) in [4.78, 5) is 17.8. The fourth-order valence-corrected chi connectivity index (χ4v) is 5.22. The third-order valence-corrected chi connectivity index (χ3v) is 6.94. The van der Waals surface area contributed by atoms with Crippen LogP contribution in [-0.4, -0.2) is 22.6 Å². The molecule has 0 saturated heterocycles. The lowest BCUT2D eigenvalue weighted by molar-refractivity contribution is 0.101. The van der Waals surface area contributed by atoms with Crippen LogP contribution in [0.2, 0.25) is 0 Å². The number of ether oxygens (including phenoxy) is 1. The zero-order valence-electron chi connectivity index (χ0n) is 17.4. The van der Waals surface area contributed by atoms with Gasteiger partial charge in [-0.25, -0.2) is 4.98 Å². The average Bonchev–Trinajstić information content (AvgIpc) is 3.55. The van der Waals surface area contributed by atoms with Gasteiger partial charge in [-0.3, -0.25) is 10.1 Å². The number of anilines is 1. The Balaban J connectivity index is 1.36. The molecule has 0 fully saturated rings. The second-order valence-electron chi connectivity index (χ2n) is 7.31. The summed E-state index contributed by atoms with van der Waals surface area (Å²) in [5.74, 6) is 0.658. The van der Waals surface area contributed by atoms with Crippen LogP contribution in [0.5, 0.6) is 5.75 Å². The molecule has 160 valence electrons. The second kappa shape index (κ2) is 8.98. The molecule has 5 aromatic rings. The number of thiazole rings is 1. The number of rotatable bonds is 7. The van der Waals surface area contributed by atoms with Gasteiger partial charge in [-0.2, -0.15) is 0 Å². The van der Waals surface area contributed by atoms with Gasteiger partial charge >= 0.3 is 0 Å². The lowest BCUT2D eigenvalue weighted by Gasteiger charge is -2.10. The van der Waals surface area contributed by atoms with Gasteiger partial charge in [0.15, 0.2) is 5.13 Å². The molecule has 1 N–H and O–H groups in total. The minimum Gasteiger partial charge on any atom is -0.497 e. The van der Waals surface area contributed by atoms with Crippen molar-refractivity contribution in [3.8, 4) is 17.0 Å². The summed E-state index contributed by atoms with van der Waals surface area (Å²) >= 11 is 3.07. The van der Waals surface area contributed by atoms with Gasteiger partial charge in [0.05, 0.1) is 23.0 Å². The van der Waals surface area contributed by atoms with Crippen LogP contribution < -0.4 is 10.1 Å². The van der Waals surface area contributed by atoms with Crippen molar-refractivity contribution in [2.24, 2.45) is 0 Å². The Morgan fingerprint density at radius 2 is 1.88 bits per heavy atom. The Kier molecular flexibility index (Phi) is 5.75. The molecule has 7 heteroatoms. The quantitative estimate of drug-likeness (QED) is 0.309. The van der Waals surface area contributed by atoms with Gasteiger partial charge in [-0.05, 0) is 53.8 Å². The zero-order valence-corrected chi connectivity index (χ0v) is 19.1. The highest BCUT2D eigenvalue weighted by Crippen LogP contribution is 2.29. The summed E-state index contributed by atoms with van der Waals surface area (Å²) < 4.78 is 8.43. The molecule has 3 heterocycles. The standard InChI is InChI=1S/C25H21N3O2S2/c1-30-19-9-7-18(8-10-19)20-16-32-25(26-20)27-24(29)22-15-23-21(12-14-31-23)28(22)13-11-17-5-3-2-4-6-17/h2-10,12,14-16H,11,13H2,1H3,(H,26,27,29). The van der Waals surface area contributed by atoms with Crippen LogP contribution >= 0.6 is 22.7 Å². The fraction of sp³-hybridized carbons (Fsp3) is 0.120. The van der Waals surface area contributed by atoms with E-state index in [0.29, 0.717) is 10.8 Å². The lowest BCUT2D eigenvalue weighted by Crippen LogP contribution is -2.17. The summed E-state index contributed by atoms with van der Waals surface area (Å²) in [6.07, 6.45) is 0.861. The molecule has 0 radical (unpaired) electrons. The van der Waals surface area contributed by atoms with Gasteiger partial charge in [0, 0.05) is 17.5 Å². The number of methoxy groups -OCH3 is 1. The molecule has 3 aromatic heterocycles. The predicted molar refractivity (Wildman–Crippen MR) is 132 cm³/mol. The van der Waals surface area contributed by atoms with E-state index in [1.54, 1.807) is 18.4 Å². The fourth-order valence-electron chi connectivity index (χ4n) is 3.68. The van der Waals surface area contributed by atoms with E-state index in [0.717, 1.165) is 40.2 Å². The summed E-state index contributed by atoms with van der Waals surface area (Å²) in [5, 5.41) is 7.58. The third kappa shape index (κ3) is 4.17. The molecular formula is C25H21N3O2S2. The molecule has 0 aliphatic rings. The number of carbonyl (C=O) groups is 1. The number of hydrogen-bond donors (Lipinski definition) is 1. The maximum atomic E-state index is 13.2. The monoisotopic (exact) mass is 459 g/mol. The van der Waals surface area contributed by atoms with Gasteiger partial charge in [0.1, 0.15) is 11.4 Å². The number of aromatic nitrogens is 2. The maximum absolute atomic E-state index is 13.2. The largest absolute Gasteiger partial charge is 0.497 e. The molecule has 0 spiro atoms. The number of nitrogens with zero attached hydrogens (tertiary/aromatic N) is 2. The number of nitrogens with one attached hydrogen (secondary N) is 1. The Bertz CT molecular complexity index is 1350. The van der Waals surface area contributed by atoms with Gasteiger partial charge in [-0.1, -0.05) is 30.3 Å². The van der Waals surface area contributed by atoms with E-state index in [1.165, 1.54) is 16.9 Å². The van der Waals surface area contributed by atoms with Crippen molar-refractivity contribution in [1.29, 1.82) is 0 Å². The Hall–Kier alpha value is -3.42. The van der Waals surface area contributed by atoms with Crippen LogP contribution in [0.3, 0.4) is 0 Å². The number of carbonyl (C=O) groups excluding carboxylic acids is 1. The van der Waals surface area contributed by atoms with Gasteiger partial charge < -0.3 is 9.30 Å².